The van der Waals surface area contributed by atoms with E-state index in [4.69, 9.17) is 0 Å². The van der Waals surface area contributed by atoms with Crippen molar-refractivity contribution < 1.29 is 14.4 Å². The first-order valence-corrected chi connectivity index (χ1v) is 9.43. The van der Waals surface area contributed by atoms with Gasteiger partial charge in [0.25, 0.3) is 5.91 Å². The van der Waals surface area contributed by atoms with Crippen molar-refractivity contribution in [3.63, 3.8) is 0 Å². The van der Waals surface area contributed by atoms with E-state index in [0.717, 1.165) is 29.7 Å². The highest BCUT2D eigenvalue weighted by atomic mass is 16.2. The summed E-state index contributed by atoms with van der Waals surface area (Å²) >= 11 is 0. The van der Waals surface area contributed by atoms with Crippen molar-refractivity contribution in [1.29, 1.82) is 0 Å². The number of nitrogens with zero attached hydrogens (tertiary/aromatic N) is 4. The minimum atomic E-state index is -0.806. The highest BCUT2D eigenvalue weighted by Crippen LogP contribution is 2.33. The Kier molecular flexibility index (Phi) is 4.81. The van der Waals surface area contributed by atoms with E-state index in [1.807, 2.05) is 6.07 Å². The summed E-state index contributed by atoms with van der Waals surface area (Å²) in [5.41, 5.74) is 0.0362. The van der Waals surface area contributed by atoms with Crippen LogP contribution in [0, 0.1) is 0 Å². The van der Waals surface area contributed by atoms with Crippen molar-refractivity contribution in [3.05, 3.63) is 42.4 Å². The third-order valence-electron chi connectivity index (χ3n) is 5.29. The predicted molar refractivity (Wildman–Crippen MR) is 99.3 cm³/mol. The third-order valence-corrected chi connectivity index (χ3v) is 5.29. The molecule has 9 nitrogen and oxygen atoms in total. The van der Waals surface area contributed by atoms with Gasteiger partial charge in [0.1, 0.15) is 12.1 Å². The van der Waals surface area contributed by atoms with Crippen LogP contribution in [0.1, 0.15) is 37.7 Å². The van der Waals surface area contributed by atoms with Crippen LogP contribution < -0.4 is 10.6 Å². The monoisotopic (exact) mass is 382 g/mol. The number of aromatic nitrogens is 3. The van der Waals surface area contributed by atoms with Crippen LogP contribution in [-0.4, -0.2) is 49.6 Å². The molecule has 9 heteroatoms. The molecule has 2 aliphatic rings. The van der Waals surface area contributed by atoms with E-state index in [9.17, 15) is 14.4 Å². The molecule has 1 saturated heterocycles. The Morgan fingerprint density at radius 2 is 2.04 bits per heavy atom. The molecule has 1 spiro atoms. The third kappa shape index (κ3) is 3.47. The van der Waals surface area contributed by atoms with Crippen LogP contribution >= 0.6 is 0 Å². The first kappa shape index (κ1) is 18.1. The number of hydrogen-bond donors (Lipinski definition) is 2. The SMILES string of the molecule is O=C(CN1C(=O)NC2(CCCCC2)C1=O)NCc1ccnc(-n2cccn2)c1. The minimum Gasteiger partial charge on any atom is -0.350 e. The summed E-state index contributed by atoms with van der Waals surface area (Å²) in [5, 5.41) is 9.70. The molecular weight excluding hydrogens is 360 g/mol. The molecule has 0 aromatic carbocycles. The second-order valence-electron chi connectivity index (χ2n) is 7.21. The van der Waals surface area contributed by atoms with Crippen molar-refractivity contribution in [1.82, 2.24) is 30.3 Å². The lowest BCUT2D eigenvalue weighted by atomic mass is 9.82. The molecular formula is C19H22N6O3. The van der Waals surface area contributed by atoms with E-state index >= 15 is 0 Å². The van der Waals surface area contributed by atoms with Crippen LogP contribution in [0.2, 0.25) is 0 Å². The molecule has 1 aliphatic heterocycles. The fourth-order valence-electron chi connectivity index (χ4n) is 3.81. The highest BCUT2D eigenvalue weighted by molar-refractivity contribution is 6.09. The topological polar surface area (TPSA) is 109 Å². The first-order valence-electron chi connectivity index (χ1n) is 9.43. The second kappa shape index (κ2) is 7.41. The molecule has 0 bridgehead atoms. The Hall–Kier alpha value is -3.23. The standard InChI is InChI=1S/C19H22N6O3/c26-16(13-24-17(27)19(23-18(24)28)6-2-1-3-7-19)21-12-14-5-9-20-15(11-14)25-10-4-8-22-25/h4-5,8-11H,1-3,6-7,12-13H2,(H,21,26)(H,23,28). The maximum atomic E-state index is 12.7. The zero-order chi connectivity index (χ0) is 19.6. The van der Waals surface area contributed by atoms with E-state index < -0.39 is 11.6 Å². The van der Waals surface area contributed by atoms with Gasteiger partial charge in [0, 0.05) is 25.1 Å². The number of pyridine rings is 1. The second-order valence-corrected chi connectivity index (χ2v) is 7.21. The number of urea groups is 1. The predicted octanol–water partition coefficient (Wildman–Crippen LogP) is 1.14. The Labute approximate surface area is 162 Å². The lowest BCUT2D eigenvalue weighted by molar-refractivity contribution is -0.135. The summed E-state index contributed by atoms with van der Waals surface area (Å²) in [7, 11) is 0. The van der Waals surface area contributed by atoms with Crippen LogP contribution in [0.5, 0.6) is 0 Å². The number of rotatable bonds is 5. The maximum absolute atomic E-state index is 12.7. The van der Waals surface area contributed by atoms with Gasteiger partial charge in [-0.1, -0.05) is 19.3 Å². The van der Waals surface area contributed by atoms with Crippen LogP contribution in [0.25, 0.3) is 5.82 Å². The zero-order valence-corrected chi connectivity index (χ0v) is 15.4. The van der Waals surface area contributed by atoms with Crippen LogP contribution in [-0.2, 0) is 16.1 Å². The van der Waals surface area contributed by atoms with Crippen molar-refractivity contribution in [2.75, 3.05) is 6.54 Å². The molecule has 1 aliphatic carbocycles. The summed E-state index contributed by atoms with van der Waals surface area (Å²) in [6.07, 6.45) is 9.25. The fraction of sp³-hybridized carbons (Fsp3) is 0.421. The average molecular weight is 382 g/mol. The van der Waals surface area contributed by atoms with Crippen molar-refractivity contribution in [2.45, 2.75) is 44.2 Å². The molecule has 146 valence electrons. The Morgan fingerprint density at radius 1 is 1.21 bits per heavy atom. The normalized spacial score (nSPS) is 18.4. The summed E-state index contributed by atoms with van der Waals surface area (Å²) in [4.78, 5) is 42.6. The molecule has 3 heterocycles. The summed E-state index contributed by atoms with van der Waals surface area (Å²) in [5.74, 6) is -0.0175. The van der Waals surface area contributed by atoms with E-state index in [0.29, 0.717) is 18.7 Å². The zero-order valence-electron chi connectivity index (χ0n) is 15.4. The molecule has 0 atom stereocenters. The molecule has 2 N–H and O–H groups in total. The quantitative estimate of drug-likeness (QED) is 0.754. The molecule has 2 fully saturated rings. The van der Waals surface area contributed by atoms with Gasteiger partial charge in [-0.05, 0) is 36.6 Å². The van der Waals surface area contributed by atoms with Crippen LogP contribution in [0.15, 0.2) is 36.8 Å². The summed E-state index contributed by atoms with van der Waals surface area (Å²) in [6, 6.07) is 4.93. The molecule has 0 radical (unpaired) electrons. The number of amides is 4. The van der Waals surface area contributed by atoms with Gasteiger partial charge in [-0.25, -0.2) is 14.5 Å². The van der Waals surface area contributed by atoms with Gasteiger partial charge >= 0.3 is 6.03 Å². The minimum absolute atomic E-state index is 0.268. The lowest BCUT2D eigenvalue weighted by Crippen LogP contribution is -2.49. The van der Waals surface area contributed by atoms with Crippen LogP contribution in [0.3, 0.4) is 0 Å². The van der Waals surface area contributed by atoms with Crippen molar-refractivity contribution in [2.24, 2.45) is 0 Å². The molecule has 2 aromatic heterocycles. The van der Waals surface area contributed by atoms with Gasteiger partial charge in [-0.3, -0.25) is 14.5 Å². The Morgan fingerprint density at radius 3 is 2.79 bits per heavy atom. The number of hydrogen-bond acceptors (Lipinski definition) is 5. The number of carbonyl (C=O) groups is 3. The summed E-state index contributed by atoms with van der Waals surface area (Å²) < 4.78 is 1.63. The van der Waals surface area contributed by atoms with E-state index in [2.05, 4.69) is 20.7 Å². The molecule has 4 amide bonds. The first-order chi connectivity index (χ1) is 13.6. The van der Waals surface area contributed by atoms with Crippen molar-refractivity contribution >= 4 is 17.8 Å². The number of nitrogens with one attached hydrogen (secondary N) is 2. The van der Waals surface area contributed by atoms with E-state index in [1.54, 1.807) is 35.4 Å². The molecule has 1 saturated carbocycles. The molecule has 0 unspecified atom stereocenters. The van der Waals surface area contributed by atoms with Gasteiger partial charge < -0.3 is 10.6 Å². The van der Waals surface area contributed by atoms with Gasteiger partial charge in [-0.2, -0.15) is 5.10 Å². The average Bonchev–Trinajstić information content (AvgIpc) is 3.32. The van der Waals surface area contributed by atoms with Crippen molar-refractivity contribution in [3.8, 4) is 5.82 Å². The van der Waals surface area contributed by atoms with Gasteiger partial charge in [0.2, 0.25) is 5.91 Å². The van der Waals surface area contributed by atoms with Crippen LogP contribution in [0.4, 0.5) is 4.79 Å². The van der Waals surface area contributed by atoms with Gasteiger partial charge in [0.05, 0.1) is 0 Å². The van der Waals surface area contributed by atoms with Gasteiger partial charge in [0.15, 0.2) is 5.82 Å². The number of imide groups is 1. The Balaban J connectivity index is 1.35. The smallest absolute Gasteiger partial charge is 0.325 e. The fourth-order valence-corrected chi connectivity index (χ4v) is 3.81. The Bertz CT molecular complexity index is 889. The molecule has 2 aromatic rings. The van der Waals surface area contributed by atoms with Gasteiger partial charge in [-0.15, -0.1) is 0 Å². The highest BCUT2D eigenvalue weighted by Gasteiger charge is 2.51. The number of carbonyl (C=O) groups excluding carboxylic acids is 3. The molecule has 28 heavy (non-hydrogen) atoms. The molecule has 4 rings (SSSR count). The largest absolute Gasteiger partial charge is 0.350 e. The summed E-state index contributed by atoms with van der Waals surface area (Å²) in [6.45, 7) is -0.00602. The lowest BCUT2D eigenvalue weighted by Gasteiger charge is -2.30. The maximum Gasteiger partial charge on any atom is 0.325 e. The van der Waals surface area contributed by atoms with E-state index in [1.165, 1.54) is 0 Å². The van der Waals surface area contributed by atoms with E-state index in [-0.39, 0.29) is 24.9 Å².